The fourth-order valence-corrected chi connectivity index (χ4v) is 3.63. The Morgan fingerprint density at radius 3 is 2.76 bits per heavy atom. The van der Waals surface area contributed by atoms with Crippen LogP contribution in [0.4, 0.5) is 17.1 Å². The number of nitrogens with one attached hydrogen (secondary N) is 2. The molecule has 5 heteroatoms. The van der Waals surface area contributed by atoms with Crippen LogP contribution in [0.1, 0.15) is 35.2 Å². The highest BCUT2D eigenvalue weighted by Crippen LogP contribution is 2.31. The first-order valence-electron chi connectivity index (χ1n) is 8.80. The molecule has 0 aliphatic carbocycles. The van der Waals surface area contributed by atoms with Gasteiger partial charge in [0, 0.05) is 30.8 Å². The topological polar surface area (TPSA) is 61.4 Å². The molecule has 2 aromatic carbocycles. The maximum Gasteiger partial charge on any atom is 0.256 e. The summed E-state index contributed by atoms with van der Waals surface area (Å²) < 4.78 is 0. The van der Waals surface area contributed by atoms with Gasteiger partial charge < -0.3 is 15.5 Å². The zero-order chi connectivity index (χ0) is 17.2. The van der Waals surface area contributed by atoms with Crippen LogP contribution in [0.25, 0.3) is 0 Å². The lowest BCUT2D eigenvalue weighted by Gasteiger charge is -2.22. The molecule has 2 aliphatic heterocycles. The summed E-state index contributed by atoms with van der Waals surface area (Å²) in [6.07, 6.45) is 3.35. The molecule has 1 fully saturated rings. The van der Waals surface area contributed by atoms with E-state index in [9.17, 15) is 9.59 Å². The number of amides is 2. The number of hydrogen-bond acceptors (Lipinski definition) is 3. The lowest BCUT2D eigenvalue weighted by atomic mass is 9.97. The summed E-state index contributed by atoms with van der Waals surface area (Å²) in [6, 6.07) is 13.3. The summed E-state index contributed by atoms with van der Waals surface area (Å²) in [4.78, 5) is 26.7. The van der Waals surface area contributed by atoms with E-state index in [0.717, 1.165) is 42.7 Å². The molecule has 0 atom stereocenters. The quantitative estimate of drug-likeness (QED) is 0.903. The van der Waals surface area contributed by atoms with Gasteiger partial charge >= 0.3 is 0 Å². The molecular formula is C20H21N3O2. The molecule has 0 aromatic heterocycles. The van der Waals surface area contributed by atoms with E-state index in [1.165, 1.54) is 0 Å². The third kappa shape index (κ3) is 2.97. The van der Waals surface area contributed by atoms with Crippen molar-refractivity contribution in [3.63, 3.8) is 0 Å². The van der Waals surface area contributed by atoms with Crippen molar-refractivity contribution in [2.45, 2.75) is 25.7 Å². The number of fused-ring (bicyclic) bond motifs is 1. The summed E-state index contributed by atoms with van der Waals surface area (Å²) in [5, 5.41) is 6.36. The van der Waals surface area contributed by atoms with Crippen LogP contribution in [0.5, 0.6) is 0 Å². The average Bonchev–Trinajstić information content (AvgIpc) is 3.07. The molecule has 5 nitrogen and oxygen atoms in total. The van der Waals surface area contributed by atoms with Crippen molar-refractivity contribution in [1.29, 1.82) is 0 Å². The largest absolute Gasteiger partial charge is 0.385 e. The molecule has 0 bridgehead atoms. The van der Waals surface area contributed by atoms with Crippen molar-refractivity contribution >= 4 is 28.9 Å². The maximum absolute atomic E-state index is 12.9. The second kappa shape index (κ2) is 6.59. The van der Waals surface area contributed by atoms with E-state index >= 15 is 0 Å². The van der Waals surface area contributed by atoms with E-state index in [4.69, 9.17) is 0 Å². The Morgan fingerprint density at radius 2 is 1.92 bits per heavy atom. The fourth-order valence-electron chi connectivity index (χ4n) is 3.63. The third-order valence-electron chi connectivity index (χ3n) is 4.86. The van der Waals surface area contributed by atoms with Gasteiger partial charge in [-0.25, -0.2) is 0 Å². The third-order valence-corrected chi connectivity index (χ3v) is 4.86. The van der Waals surface area contributed by atoms with Crippen LogP contribution < -0.4 is 15.5 Å². The van der Waals surface area contributed by atoms with Gasteiger partial charge in [-0.2, -0.15) is 0 Å². The van der Waals surface area contributed by atoms with Crippen molar-refractivity contribution in [3.8, 4) is 0 Å². The first-order chi connectivity index (χ1) is 12.2. The Hall–Kier alpha value is -2.82. The second-order valence-electron chi connectivity index (χ2n) is 6.48. The van der Waals surface area contributed by atoms with Crippen molar-refractivity contribution in [2.24, 2.45) is 0 Å². The number of para-hydroxylation sites is 2. The van der Waals surface area contributed by atoms with Gasteiger partial charge in [-0.05, 0) is 49.1 Å². The van der Waals surface area contributed by atoms with Crippen LogP contribution in [0.15, 0.2) is 42.5 Å². The molecule has 2 N–H and O–H groups in total. The Balaban J connectivity index is 1.63. The number of nitrogens with zero attached hydrogens (tertiary/aromatic N) is 1. The highest BCUT2D eigenvalue weighted by molar-refractivity contribution is 6.09. The van der Waals surface area contributed by atoms with E-state index in [2.05, 4.69) is 10.6 Å². The second-order valence-corrected chi connectivity index (χ2v) is 6.48. The predicted molar refractivity (Wildman–Crippen MR) is 99.2 cm³/mol. The predicted octanol–water partition coefficient (Wildman–Crippen LogP) is 3.42. The summed E-state index contributed by atoms with van der Waals surface area (Å²) in [5.74, 6) is -0.0114. The summed E-state index contributed by atoms with van der Waals surface area (Å²) in [7, 11) is 0. The van der Waals surface area contributed by atoms with E-state index in [1.54, 1.807) is 4.90 Å². The van der Waals surface area contributed by atoms with Crippen molar-refractivity contribution in [2.75, 3.05) is 28.6 Å². The molecule has 2 amide bonds. The zero-order valence-corrected chi connectivity index (χ0v) is 14.0. The zero-order valence-electron chi connectivity index (χ0n) is 14.0. The molecule has 4 rings (SSSR count). The van der Waals surface area contributed by atoms with E-state index < -0.39 is 0 Å². The molecule has 25 heavy (non-hydrogen) atoms. The highest BCUT2D eigenvalue weighted by Gasteiger charge is 2.25. The molecule has 2 aromatic rings. The molecule has 0 spiro atoms. The lowest BCUT2D eigenvalue weighted by molar-refractivity contribution is -0.117. The summed E-state index contributed by atoms with van der Waals surface area (Å²) in [6.45, 7) is 1.65. The van der Waals surface area contributed by atoms with Gasteiger partial charge in [0.25, 0.3) is 5.91 Å². The van der Waals surface area contributed by atoms with E-state index in [0.29, 0.717) is 24.2 Å². The highest BCUT2D eigenvalue weighted by atomic mass is 16.2. The number of benzene rings is 2. The first-order valence-corrected chi connectivity index (χ1v) is 8.80. The molecule has 2 aliphatic rings. The van der Waals surface area contributed by atoms with Gasteiger partial charge in [0.15, 0.2) is 0 Å². The van der Waals surface area contributed by atoms with Crippen LogP contribution in [0, 0.1) is 0 Å². The molecule has 128 valence electrons. The average molecular weight is 335 g/mol. The molecule has 1 saturated heterocycles. The number of hydrogen-bond donors (Lipinski definition) is 2. The minimum Gasteiger partial charge on any atom is -0.385 e. The number of anilines is 3. The van der Waals surface area contributed by atoms with Crippen LogP contribution in [-0.4, -0.2) is 24.9 Å². The van der Waals surface area contributed by atoms with Crippen LogP contribution in [0.3, 0.4) is 0 Å². The van der Waals surface area contributed by atoms with Gasteiger partial charge in [-0.3, -0.25) is 9.59 Å². The Labute approximate surface area is 147 Å². The molecule has 2 heterocycles. The summed E-state index contributed by atoms with van der Waals surface area (Å²) in [5.41, 5.74) is 4.28. The number of carbonyl (C=O) groups excluding carboxylic acids is 2. The van der Waals surface area contributed by atoms with Gasteiger partial charge in [-0.15, -0.1) is 0 Å². The monoisotopic (exact) mass is 335 g/mol. The van der Waals surface area contributed by atoms with E-state index in [1.807, 2.05) is 42.5 Å². The normalized spacial score (nSPS) is 16.3. The van der Waals surface area contributed by atoms with Crippen molar-refractivity contribution < 1.29 is 9.59 Å². The van der Waals surface area contributed by atoms with Crippen molar-refractivity contribution in [1.82, 2.24) is 0 Å². The minimum atomic E-state index is -0.125. The van der Waals surface area contributed by atoms with Crippen LogP contribution in [-0.2, 0) is 11.2 Å². The number of rotatable bonds is 3. The first kappa shape index (κ1) is 15.7. The smallest absolute Gasteiger partial charge is 0.256 e. The molecular weight excluding hydrogens is 314 g/mol. The van der Waals surface area contributed by atoms with Crippen molar-refractivity contribution in [3.05, 3.63) is 53.6 Å². The van der Waals surface area contributed by atoms with E-state index in [-0.39, 0.29) is 11.8 Å². The molecule has 0 unspecified atom stereocenters. The minimum absolute atomic E-state index is 0.114. The van der Waals surface area contributed by atoms with Gasteiger partial charge in [0.05, 0.1) is 11.4 Å². The number of carbonyl (C=O) groups is 2. The lowest BCUT2D eigenvalue weighted by Crippen LogP contribution is -2.26. The van der Waals surface area contributed by atoms with Gasteiger partial charge in [-0.1, -0.05) is 18.2 Å². The van der Waals surface area contributed by atoms with Crippen LogP contribution >= 0.6 is 0 Å². The van der Waals surface area contributed by atoms with Gasteiger partial charge in [0.1, 0.15) is 0 Å². The Morgan fingerprint density at radius 1 is 1.04 bits per heavy atom. The van der Waals surface area contributed by atoms with Crippen LogP contribution in [0.2, 0.25) is 0 Å². The van der Waals surface area contributed by atoms with Gasteiger partial charge in [0.2, 0.25) is 5.91 Å². The summed E-state index contributed by atoms with van der Waals surface area (Å²) >= 11 is 0. The Kier molecular flexibility index (Phi) is 4.14. The molecule has 0 radical (unpaired) electrons. The maximum atomic E-state index is 12.9. The SMILES string of the molecule is O=C(Nc1ccccc1N1CCCC1=O)c1cccc2c1CCCN2. The Bertz CT molecular complexity index is 831. The standard InChI is InChI=1S/C20H21N3O2/c24-19-11-5-13-23(19)18-10-2-1-8-17(18)22-20(25)15-6-3-9-16-14(15)7-4-12-21-16/h1-3,6,8-10,21H,4-5,7,11-13H2,(H,22,25). The fraction of sp³-hybridized carbons (Fsp3) is 0.300. The molecule has 0 saturated carbocycles.